The van der Waals surface area contributed by atoms with Crippen LogP contribution >= 0.6 is 0 Å². The van der Waals surface area contributed by atoms with Gasteiger partial charge in [-0.2, -0.15) is 14.6 Å². The van der Waals surface area contributed by atoms with E-state index in [1.165, 1.54) is 11.6 Å². The second kappa shape index (κ2) is 8.84. The lowest BCUT2D eigenvalue weighted by molar-refractivity contribution is 0.576. The summed E-state index contributed by atoms with van der Waals surface area (Å²) in [5.41, 5.74) is 3.71. The Hall–Kier alpha value is -2.63. The van der Waals surface area contributed by atoms with Crippen LogP contribution in [0.15, 0.2) is 36.7 Å². The van der Waals surface area contributed by atoms with Crippen molar-refractivity contribution in [2.24, 2.45) is 5.92 Å². The summed E-state index contributed by atoms with van der Waals surface area (Å²) < 4.78 is 15.4. The fourth-order valence-corrected chi connectivity index (χ4v) is 3.04. The number of imidazole rings is 1. The van der Waals surface area contributed by atoms with Gasteiger partial charge in [-0.25, -0.2) is 9.97 Å². The van der Waals surface area contributed by atoms with Crippen molar-refractivity contribution >= 4 is 0 Å². The zero-order chi connectivity index (χ0) is 19.2. The Bertz CT molecular complexity index is 888. The first-order valence-corrected chi connectivity index (χ1v) is 9.55. The molecule has 3 aromatic heterocycles. The van der Waals surface area contributed by atoms with Gasteiger partial charge in [0.2, 0.25) is 5.95 Å². The van der Waals surface area contributed by atoms with Crippen molar-refractivity contribution in [2.45, 2.75) is 53.0 Å². The van der Waals surface area contributed by atoms with Crippen LogP contribution in [0.3, 0.4) is 0 Å². The molecule has 0 fully saturated rings. The molecule has 0 bridgehead atoms. The largest absolute Gasteiger partial charge is 0.324 e. The van der Waals surface area contributed by atoms with Crippen molar-refractivity contribution in [3.63, 3.8) is 0 Å². The first-order chi connectivity index (χ1) is 13.1. The van der Waals surface area contributed by atoms with Gasteiger partial charge in [0.25, 0.3) is 0 Å². The van der Waals surface area contributed by atoms with E-state index in [0.717, 1.165) is 37.1 Å². The number of aryl methyl sites for hydroxylation is 2. The number of hydrogen-bond acceptors (Lipinski definition) is 4. The summed E-state index contributed by atoms with van der Waals surface area (Å²) in [4.78, 5) is 8.30. The summed E-state index contributed by atoms with van der Waals surface area (Å²) in [5.74, 6) is 0.763. The van der Waals surface area contributed by atoms with E-state index in [-0.39, 0.29) is 0 Å². The first-order valence-electron chi connectivity index (χ1n) is 9.55. The number of aromatic nitrogens is 5. The van der Waals surface area contributed by atoms with E-state index in [1.807, 2.05) is 10.8 Å². The van der Waals surface area contributed by atoms with E-state index in [0.29, 0.717) is 24.0 Å². The quantitative estimate of drug-likeness (QED) is 0.552. The molecule has 0 aliphatic carbocycles. The molecule has 0 atom stereocenters. The molecular formula is C21H26FN5. The van der Waals surface area contributed by atoms with Crippen LogP contribution in [0, 0.1) is 11.9 Å². The Morgan fingerprint density at radius 3 is 2.74 bits per heavy atom. The molecule has 0 amide bonds. The minimum atomic E-state index is -0.511. The fraction of sp³-hybridized carbons (Fsp3) is 0.429. The summed E-state index contributed by atoms with van der Waals surface area (Å²) in [6.45, 7) is 7.14. The molecule has 0 aromatic carbocycles. The van der Waals surface area contributed by atoms with E-state index < -0.39 is 5.95 Å². The molecular weight excluding hydrogens is 341 g/mol. The van der Waals surface area contributed by atoms with Gasteiger partial charge < -0.3 is 4.57 Å². The van der Waals surface area contributed by atoms with E-state index in [4.69, 9.17) is 0 Å². The summed E-state index contributed by atoms with van der Waals surface area (Å²) in [6, 6.07) is 6.92. The van der Waals surface area contributed by atoms with Crippen LogP contribution in [-0.2, 0) is 19.4 Å². The normalized spacial score (nSPS) is 11.3. The average Bonchev–Trinajstić information content (AvgIpc) is 3.10. The molecule has 3 rings (SSSR count). The zero-order valence-electron chi connectivity index (χ0n) is 16.2. The minimum absolute atomic E-state index is 0.511. The van der Waals surface area contributed by atoms with Crippen molar-refractivity contribution in [3.05, 3.63) is 59.6 Å². The number of pyridine rings is 1. The van der Waals surface area contributed by atoms with Crippen molar-refractivity contribution in [2.75, 3.05) is 0 Å². The SMILES string of the molecule is CCCc1cc(CCC(C)C)nnc1Cn1ccnc1-c1cccc(F)n1. The molecule has 0 saturated carbocycles. The number of hydrogen-bond donors (Lipinski definition) is 0. The lowest BCUT2D eigenvalue weighted by atomic mass is 10.0. The number of halogens is 1. The standard InChI is InChI=1S/C21H26FN5/c1-4-6-16-13-17(10-9-15(2)3)25-26-19(16)14-27-12-11-23-21(27)18-7-5-8-20(22)24-18/h5,7-8,11-13,15H,4,6,9-10,14H2,1-3H3. The third-order valence-electron chi connectivity index (χ3n) is 4.49. The molecule has 0 spiro atoms. The number of rotatable bonds is 8. The molecule has 27 heavy (non-hydrogen) atoms. The first kappa shape index (κ1) is 19.1. The highest BCUT2D eigenvalue weighted by atomic mass is 19.1. The lowest BCUT2D eigenvalue weighted by Gasteiger charge is -2.12. The van der Waals surface area contributed by atoms with Crippen LogP contribution < -0.4 is 0 Å². The molecule has 0 aliphatic rings. The monoisotopic (exact) mass is 367 g/mol. The van der Waals surface area contributed by atoms with Gasteiger partial charge in [0.05, 0.1) is 17.9 Å². The molecule has 3 aromatic rings. The second-order valence-electron chi connectivity index (χ2n) is 7.21. The highest BCUT2D eigenvalue weighted by molar-refractivity contribution is 5.49. The van der Waals surface area contributed by atoms with E-state index in [2.05, 4.69) is 47.0 Å². The van der Waals surface area contributed by atoms with E-state index >= 15 is 0 Å². The number of nitrogens with zero attached hydrogens (tertiary/aromatic N) is 5. The highest BCUT2D eigenvalue weighted by Crippen LogP contribution is 2.19. The summed E-state index contributed by atoms with van der Waals surface area (Å²) in [7, 11) is 0. The Labute approximate surface area is 159 Å². The van der Waals surface area contributed by atoms with Crippen LogP contribution in [0.1, 0.15) is 50.6 Å². The van der Waals surface area contributed by atoms with Crippen LogP contribution in [-0.4, -0.2) is 24.7 Å². The Morgan fingerprint density at radius 1 is 1.15 bits per heavy atom. The Kier molecular flexibility index (Phi) is 6.27. The van der Waals surface area contributed by atoms with Gasteiger partial charge in [-0.3, -0.25) is 0 Å². The van der Waals surface area contributed by atoms with E-state index in [9.17, 15) is 4.39 Å². The van der Waals surface area contributed by atoms with Crippen molar-refractivity contribution < 1.29 is 4.39 Å². The predicted octanol–water partition coefficient (Wildman–Crippen LogP) is 4.46. The Morgan fingerprint density at radius 2 is 2.00 bits per heavy atom. The van der Waals surface area contributed by atoms with Gasteiger partial charge in [-0.15, -0.1) is 0 Å². The molecule has 6 heteroatoms. The predicted molar refractivity (Wildman–Crippen MR) is 104 cm³/mol. The van der Waals surface area contributed by atoms with Gasteiger partial charge in [0.15, 0.2) is 5.82 Å². The molecule has 0 unspecified atom stereocenters. The summed E-state index contributed by atoms with van der Waals surface area (Å²) in [5, 5.41) is 8.94. The van der Waals surface area contributed by atoms with Gasteiger partial charge in [-0.1, -0.05) is 33.3 Å². The lowest BCUT2D eigenvalue weighted by Crippen LogP contribution is -2.10. The van der Waals surface area contributed by atoms with E-state index in [1.54, 1.807) is 18.3 Å². The average molecular weight is 367 g/mol. The van der Waals surface area contributed by atoms with Gasteiger partial charge in [0, 0.05) is 12.4 Å². The van der Waals surface area contributed by atoms with Crippen LogP contribution in [0.2, 0.25) is 0 Å². The van der Waals surface area contributed by atoms with Gasteiger partial charge >= 0.3 is 0 Å². The maximum atomic E-state index is 13.5. The van der Waals surface area contributed by atoms with Gasteiger partial charge in [-0.05, 0) is 48.9 Å². The summed E-state index contributed by atoms with van der Waals surface area (Å²) >= 11 is 0. The molecule has 0 N–H and O–H groups in total. The third-order valence-corrected chi connectivity index (χ3v) is 4.49. The van der Waals surface area contributed by atoms with Crippen LogP contribution in [0.4, 0.5) is 4.39 Å². The highest BCUT2D eigenvalue weighted by Gasteiger charge is 2.13. The molecule has 0 radical (unpaired) electrons. The maximum Gasteiger partial charge on any atom is 0.213 e. The van der Waals surface area contributed by atoms with Crippen LogP contribution in [0.5, 0.6) is 0 Å². The molecule has 142 valence electrons. The summed E-state index contributed by atoms with van der Waals surface area (Å²) in [6.07, 6.45) is 7.63. The fourth-order valence-electron chi connectivity index (χ4n) is 3.04. The molecule has 0 saturated heterocycles. The smallest absolute Gasteiger partial charge is 0.213 e. The third kappa shape index (κ3) is 4.96. The zero-order valence-corrected chi connectivity index (χ0v) is 16.2. The van der Waals surface area contributed by atoms with Crippen molar-refractivity contribution in [3.8, 4) is 11.5 Å². The topological polar surface area (TPSA) is 56.5 Å². The van der Waals surface area contributed by atoms with Gasteiger partial charge in [0.1, 0.15) is 5.69 Å². The maximum absolute atomic E-state index is 13.5. The minimum Gasteiger partial charge on any atom is -0.324 e. The molecule has 0 aliphatic heterocycles. The second-order valence-corrected chi connectivity index (χ2v) is 7.21. The molecule has 3 heterocycles. The molecule has 5 nitrogen and oxygen atoms in total. The van der Waals surface area contributed by atoms with Crippen LogP contribution in [0.25, 0.3) is 11.5 Å². The Balaban J connectivity index is 1.86. The van der Waals surface area contributed by atoms with Crippen molar-refractivity contribution in [1.82, 2.24) is 24.7 Å². The van der Waals surface area contributed by atoms with Crippen molar-refractivity contribution in [1.29, 1.82) is 0 Å².